The Labute approximate surface area is 105 Å². The number of aromatic nitrogens is 4. The lowest BCUT2D eigenvalue weighted by atomic mass is 10.3. The molecule has 0 saturated carbocycles. The molecule has 0 saturated heterocycles. The fourth-order valence-corrected chi connectivity index (χ4v) is 1.56. The van der Waals surface area contributed by atoms with Gasteiger partial charge in [0.2, 0.25) is 0 Å². The van der Waals surface area contributed by atoms with Gasteiger partial charge in [-0.3, -0.25) is 4.79 Å². The van der Waals surface area contributed by atoms with Crippen molar-refractivity contribution in [3.8, 4) is 0 Å². The molecule has 0 radical (unpaired) electrons. The van der Waals surface area contributed by atoms with Gasteiger partial charge in [-0.25, -0.2) is 15.0 Å². The molecular weight excluding hydrogens is 230 g/mol. The van der Waals surface area contributed by atoms with Crippen molar-refractivity contribution in [1.29, 1.82) is 0 Å². The SMILES string of the molecule is O=C(NCCCCn1ccnc1)c1cncnc1. The van der Waals surface area contributed by atoms with Crippen LogP contribution in [0.25, 0.3) is 0 Å². The summed E-state index contributed by atoms with van der Waals surface area (Å²) in [4.78, 5) is 23.2. The molecule has 1 N–H and O–H groups in total. The Morgan fingerprint density at radius 3 is 2.78 bits per heavy atom. The van der Waals surface area contributed by atoms with Crippen LogP contribution in [0.1, 0.15) is 23.2 Å². The maximum Gasteiger partial charge on any atom is 0.254 e. The van der Waals surface area contributed by atoms with Crippen LogP contribution in [0.2, 0.25) is 0 Å². The average Bonchev–Trinajstić information content (AvgIpc) is 2.92. The van der Waals surface area contributed by atoms with Crippen molar-refractivity contribution in [3.63, 3.8) is 0 Å². The van der Waals surface area contributed by atoms with Gasteiger partial charge in [0.1, 0.15) is 6.33 Å². The molecule has 0 aliphatic carbocycles. The predicted octanol–water partition coefficient (Wildman–Crippen LogP) is 0.883. The predicted molar refractivity (Wildman–Crippen MR) is 65.8 cm³/mol. The van der Waals surface area contributed by atoms with E-state index in [4.69, 9.17) is 0 Å². The van der Waals surface area contributed by atoms with Gasteiger partial charge >= 0.3 is 0 Å². The van der Waals surface area contributed by atoms with E-state index in [0.717, 1.165) is 19.4 Å². The summed E-state index contributed by atoms with van der Waals surface area (Å²) in [6.45, 7) is 1.58. The summed E-state index contributed by atoms with van der Waals surface area (Å²) < 4.78 is 2.02. The topological polar surface area (TPSA) is 72.7 Å². The summed E-state index contributed by atoms with van der Waals surface area (Å²) in [5.74, 6) is -0.127. The lowest BCUT2D eigenvalue weighted by molar-refractivity contribution is 0.0952. The molecular formula is C12H15N5O. The summed E-state index contributed by atoms with van der Waals surface area (Å²) in [5, 5.41) is 2.84. The third-order valence-electron chi connectivity index (χ3n) is 2.51. The molecule has 0 fully saturated rings. The van der Waals surface area contributed by atoms with E-state index < -0.39 is 0 Å². The Morgan fingerprint density at radius 2 is 2.06 bits per heavy atom. The first-order chi connectivity index (χ1) is 8.86. The van der Waals surface area contributed by atoms with E-state index in [9.17, 15) is 4.79 Å². The Hall–Kier alpha value is -2.24. The van der Waals surface area contributed by atoms with Gasteiger partial charge in [0, 0.05) is 37.9 Å². The number of nitrogens with one attached hydrogen (secondary N) is 1. The zero-order valence-corrected chi connectivity index (χ0v) is 9.99. The molecule has 2 aromatic heterocycles. The summed E-state index contributed by atoms with van der Waals surface area (Å²) in [6.07, 6.45) is 11.8. The largest absolute Gasteiger partial charge is 0.352 e. The Kier molecular flexibility index (Phi) is 4.40. The van der Waals surface area contributed by atoms with E-state index in [-0.39, 0.29) is 5.91 Å². The Bertz CT molecular complexity index is 468. The number of carbonyl (C=O) groups is 1. The van der Waals surface area contributed by atoms with Crippen molar-refractivity contribution >= 4 is 5.91 Å². The molecule has 0 atom stereocenters. The molecule has 18 heavy (non-hydrogen) atoms. The monoisotopic (exact) mass is 245 g/mol. The van der Waals surface area contributed by atoms with E-state index >= 15 is 0 Å². The van der Waals surface area contributed by atoms with Crippen LogP contribution in [0.15, 0.2) is 37.4 Å². The van der Waals surface area contributed by atoms with Crippen molar-refractivity contribution in [2.24, 2.45) is 0 Å². The maximum absolute atomic E-state index is 11.6. The standard InChI is InChI=1S/C12H15N5O/c18-12(11-7-14-9-15-8-11)16-3-1-2-5-17-6-4-13-10-17/h4,6-10H,1-3,5H2,(H,16,18). The highest BCUT2D eigenvalue weighted by Crippen LogP contribution is 1.96. The number of amides is 1. The van der Waals surface area contributed by atoms with Crippen LogP contribution in [-0.4, -0.2) is 32.0 Å². The molecule has 6 heteroatoms. The molecule has 2 rings (SSSR count). The van der Waals surface area contributed by atoms with Crippen molar-refractivity contribution in [2.75, 3.05) is 6.54 Å². The highest BCUT2D eigenvalue weighted by molar-refractivity contribution is 5.93. The lowest BCUT2D eigenvalue weighted by Crippen LogP contribution is -2.24. The summed E-state index contributed by atoms with van der Waals surface area (Å²) in [7, 11) is 0. The molecule has 1 amide bonds. The van der Waals surface area contributed by atoms with Crippen LogP contribution in [0.3, 0.4) is 0 Å². The molecule has 2 aromatic rings. The second kappa shape index (κ2) is 6.48. The molecule has 6 nitrogen and oxygen atoms in total. The maximum atomic E-state index is 11.6. The zero-order valence-electron chi connectivity index (χ0n) is 9.99. The molecule has 2 heterocycles. The number of hydrogen-bond donors (Lipinski definition) is 1. The number of carbonyl (C=O) groups excluding carboxylic acids is 1. The third kappa shape index (κ3) is 3.65. The quantitative estimate of drug-likeness (QED) is 0.767. The molecule has 0 aliphatic heterocycles. The molecule has 0 unspecified atom stereocenters. The fourth-order valence-electron chi connectivity index (χ4n) is 1.56. The van der Waals surface area contributed by atoms with Gasteiger partial charge in [-0.05, 0) is 12.8 Å². The van der Waals surface area contributed by atoms with E-state index in [1.807, 2.05) is 10.8 Å². The van der Waals surface area contributed by atoms with Crippen molar-refractivity contribution in [1.82, 2.24) is 24.8 Å². The summed E-state index contributed by atoms with van der Waals surface area (Å²) >= 11 is 0. The molecule has 0 bridgehead atoms. The molecule has 94 valence electrons. The van der Waals surface area contributed by atoms with Crippen LogP contribution < -0.4 is 5.32 Å². The van der Waals surface area contributed by atoms with E-state index in [1.165, 1.54) is 18.7 Å². The smallest absolute Gasteiger partial charge is 0.254 e. The minimum Gasteiger partial charge on any atom is -0.352 e. The molecule has 0 spiro atoms. The number of nitrogens with zero attached hydrogens (tertiary/aromatic N) is 4. The second-order valence-corrected chi connectivity index (χ2v) is 3.89. The van der Waals surface area contributed by atoms with Gasteiger partial charge in [0.05, 0.1) is 11.9 Å². The van der Waals surface area contributed by atoms with Crippen LogP contribution in [0, 0.1) is 0 Å². The van der Waals surface area contributed by atoms with Crippen molar-refractivity contribution < 1.29 is 4.79 Å². The summed E-state index contributed by atoms with van der Waals surface area (Å²) in [6, 6.07) is 0. The minimum atomic E-state index is -0.127. The van der Waals surface area contributed by atoms with Gasteiger partial charge in [-0.15, -0.1) is 0 Å². The third-order valence-corrected chi connectivity index (χ3v) is 2.51. The molecule has 0 aromatic carbocycles. The zero-order chi connectivity index (χ0) is 12.6. The Morgan fingerprint density at radius 1 is 1.22 bits per heavy atom. The number of unbranched alkanes of at least 4 members (excludes halogenated alkanes) is 1. The average molecular weight is 245 g/mol. The highest BCUT2D eigenvalue weighted by atomic mass is 16.1. The van der Waals surface area contributed by atoms with Gasteiger partial charge in [0.25, 0.3) is 5.91 Å². The number of rotatable bonds is 6. The minimum absolute atomic E-state index is 0.127. The van der Waals surface area contributed by atoms with Crippen LogP contribution in [0.5, 0.6) is 0 Å². The highest BCUT2D eigenvalue weighted by Gasteiger charge is 2.03. The van der Waals surface area contributed by atoms with E-state index in [0.29, 0.717) is 12.1 Å². The van der Waals surface area contributed by atoms with Gasteiger partial charge < -0.3 is 9.88 Å². The van der Waals surface area contributed by atoms with Gasteiger partial charge in [-0.2, -0.15) is 0 Å². The first kappa shape index (κ1) is 12.2. The number of aryl methyl sites for hydroxylation is 1. The van der Waals surface area contributed by atoms with Crippen LogP contribution in [-0.2, 0) is 6.54 Å². The van der Waals surface area contributed by atoms with Gasteiger partial charge in [-0.1, -0.05) is 0 Å². The second-order valence-electron chi connectivity index (χ2n) is 3.89. The fraction of sp³-hybridized carbons (Fsp3) is 0.333. The van der Waals surface area contributed by atoms with E-state index in [2.05, 4.69) is 20.3 Å². The van der Waals surface area contributed by atoms with E-state index in [1.54, 1.807) is 12.5 Å². The molecule has 0 aliphatic rings. The van der Waals surface area contributed by atoms with Crippen molar-refractivity contribution in [3.05, 3.63) is 43.0 Å². The normalized spacial score (nSPS) is 10.2. The van der Waals surface area contributed by atoms with Gasteiger partial charge in [0.15, 0.2) is 0 Å². The Balaban J connectivity index is 1.62. The first-order valence-electron chi connectivity index (χ1n) is 5.85. The van der Waals surface area contributed by atoms with Crippen LogP contribution in [0.4, 0.5) is 0 Å². The number of hydrogen-bond acceptors (Lipinski definition) is 4. The first-order valence-corrected chi connectivity index (χ1v) is 5.85. The summed E-state index contributed by atoms with van der Waals surface area (Å²) in [5.41, 5.74) is 0.493. The number of imidazole rings is 1. The van der Waals surface area contributed by atoms with Crippen LogP contribution >= 0.6 is 0 Å². The lowest BCUT2D eigenvalue weighted by Gasteiger charge is -2.05. The van der Waals surface area contributed by atoms with Crippen molar-refractivity contribution in [2.45, 2.75) is 19.4 Å².